The van der Waals surface area contributed by atoms with E-state index in [-0.39, 0.29) is 12.3 Å². The second-order valence-corrected chi connectivity index (χ2v) is 12.9. The highest BCUT2D eigenvalue weighted by Gasteiger charge is 2.24. The second kappa shape index (κ2) is 28.7. The van der Waals surface area contributed by atoms with Gasteiger partial charge in [0.05, 0.1) is 17.9 Å². The number of allylic oxidation sites excluding steroid dienone is 5. The number of aliphatic hydroxyl groups is 1. The Kier molecular flexibility index (Phi) is 27.7. The van der Waals surface area contributed by atoms with E-state index in [1.165, 1.54) is 83.1 Å². The number of aliphatic hydroxyl groups excluding tert-OH is 1. The molecule has 6 nitrogen and oxygen atoms in total. The van der Waals surface area contributed by atoms with Crippen molar-refractivity contribution in [3.05, 3.63) is 36.5 Å². The van der Waals surface area contributed by atoms with Gasteiger partial charge in [0.2, 0.25) is 5.91 Å². The molecule has 0 aliphatic carbocycles. The molecule has 7 heteroatoms. The quantitative estimate of drug-likeness (QED) is 0.0453. The van der Waals surface area contributed by atoms with Crippen LogP contribution in [0.15, 0.2) is 36.5 Å². The summed E-state index contributed by atoms with van der Waals surface area (Å²) in [4.78, 5) is 12.4. The van der Waals surface area contributed by atoms with Gasteiger partial charge in [-0.2, -0.15) is 8.42 Å². The van der Waals surface area contributed by atoms with Gasteiger partial charge < -0.3 is 10.4 Å². The molecule has 41 heavy (non-hydrogen) atoms. The van der Waals surface area contributed by atoms with Crippen molar-refractivity contribution in [3.8, 4) is 0 Å². The van der Waals surface area contributed by atoms with Gasteiger partial charge in [-0.1, -0.05) is 134 Å². The van der Waals surface area contributed by atoms with Crippen LogP contribution in [0, 0.1) is 0 Å². The van der Waals surface area contributed by atoms with E-state index in [2.05, 4.69) is 43.5 Å². The third kappa shape index (κ3) is 29.8. The van der Waals surface area contributed by atoms with Crippen LogP contribution in [0.1, 0.15) is 155 Å². The van der Waals surface area contributed by atoms with Crippen LogP contribution in [0.3, 0.4) is 0 Å². The zero-order chi connectivity index (χ0) is 30.4. The van der Waals surface area contributed by atoms with Crippen LogP contribution < -0.4 is 5.32 Å². The summed E-state index contributed by atoms with van der Waals surface area (Å²) in [5.74, 6) is -0.994. The Hall–Kier alpha value is -1.44. The normalized spacial score (nSPS) is 14.0. The van der Waals surface area contributed by atoms with E-state index in [4.69, 9.17) is 0 Å². The number of unbranched alkanes of at least 4 members (excludes halogenated alkanes) is 17. The Morgan fingerprint density at radius 1 is 0.659 bits per heavy atom. The molecule has 0 aromatic heterocycles. The lowest BCUT2D eigenvalue weighted by Gasteiger charge is -2.21. The molecular weight excluding hydrogens is 534 g/mol. The molecule has 0 aliphatic heterocycles. The van der Waals surface area contributed by atoms with E-state index >= 15 is 0 Å². The molecule has 0 saturated heterocycles. The smallest absolute Gasteiger partial charge is 0.267 e. The van der Waals surface area contributed by atoms with Crippen molar-refractivity contribution in [1.82, 2.24) is 5.32 Å². The van der Waals surface area contributed by atoms with Crippen LogP contribution in [0.4, 0.5) is 0 Å². The predicted molar refractivity (Wildman–Crippen MR) is 175 cm³/mol. The molecule has 0 aliphatic rings. The van der Waals surface area contributed by atoms with E-state index in [1.54, 1.807) is 0 Å². The second-order valence-electron chi connectivity index (χ2n) is 11.4. The van der Waals surface area contributed by atoms with E-state index in [1.807, 2.05) is 6.08 Å². The maximum atomic E-state index is 12.4. The summed E-state index contributed by atoms with van der Waals surface area (Å²) in [6, 6.07) is -1.06. The SMILES string of the molecule is CCCCCC/C=C\C/C=C\CCCCCCCCCC(=O)NC(CS(=O)(=O)O)C(O)/C=C/CCCCCCCC. The first-order valence-electron chi connectivity index (χ1n) is 16.7. The van der Waals surface area contributed by atoms with Gasteiger partial charge in [-0.05, 0) is 51.4 Å². The third-order valence-corrected chi connectivity index (χ3v) is 8.09. The zero-order valence-corrected chi connectivity index (χ0v) is 27.2. The Morgan fingerprint density at radius 2 is 1.10 bits per heavy atom. The lowest BCUT2D eigenvalue weighted by molar-refractivity contribution is -0.122. The van der Waals surface area contributed by atoms with E-state index in [9.17, 15) is 22.9 Å². The summed E-state index contributed by atoms with van der Waals surface area (Å²) in [5.41, 5.74) is 0. The summed E-state index contributed by atoms with van der Waals surface area (Å²) >= 11 is 0. The molecule has 2 unspecified atom stereocenters. The molecular formula is C34H63NO5S. The number of nitrogens with one attached hydrogen (secondary N) is 1. The van der Waals surface area contributed by atoms with Gasteiger partial charge in [0.1, 0.15) is 0 Å². The predicted octanol–water partition coefficient (Wildman–Crippen LogP) is 9.01. The molecule has 0 fully saturated rings. The van der Waals surface area contributed by atoms with Gasteiger partial charge in [0.25, 0.3) is 10.1 Å². The van der Waals surface area contributed by atoms with Crippen molar-refractivity contribution in [3.63, 3.8) is 0 Å². The van der Waals surface area contributed by atoms with Crippen molar-refractivity contribution >= 4 is 16.0 Å². The largest absolute Gasteiger partial charge is 0.387 e. The molecule has 0 spiro atoms. The average Bonchev–Trinajstić information content (AvgIpc) is 2.92. The minimum atomic E-state index is -4.33. The summed E-state index contributed by atoms with van der Waals surface area (Å²) in [5, 5.41) is 13.1. The van der Waals surface area contributed by atoms with Crippen LogP contribution in [0.5, 0.6) is 0 Å². The van der Waals surface area contributed by atoms with Crippen LogP contribution >= 0.6 is 0 Å². The highest BCUT2D eigenvalue weighted by atomic mass is 32.2. The molecule has 0 aromatic carbocycles. The monoisotopic (exact) mass is 597 g/mol. The maximum absolute atomic E-state index is 12.4. The molecule has 3 N–H and O–H groups in total. The first-order chi connectivity index (χ1) is 19.8. The van der Waals surface area contributed by atoms with Crippen molar-refractivity contribution < 1.29 is 22.9 Å². The Balaban J connectivity index is 3.97. The highest BCUT2D eigenvalue weighted by Crippen LogP contribution is 2.12. The average molecular weight is 598 g/mol. The summed E-state index contributed by atoms with van der Waals surface area (Å²) in [7, 11) is -4.33. The molecule has 2 atom stereocenters. The minimum Gasteiger partial charge on any atom is -0.387 e. The molecule has 0 radical (unpaired) electrons. The minimum absolute atomic E-state index is 0.286. The number of rotatable bonds is 29. The van der Waals surface area contributed by atoms with E-state index in [0.717, 1.165) is 57.8 Å². The van der Waals surface area contributed by atoms with E-state index < -0.39 is 28.0 Å². The third-order valence-electron chi connectivity index (χ3n) is 7.31. The highest BCUT2D eigenvalue weighted by molar-refractivity contribution is 7.85. The molecule has 0 aromatic rings. The number of hydrogen-bond donors (Lipinski definition) is 3. The van der Waals surface area contributed by atoms with Gasteiger partial charge in [-0.25, -0.2) is 0 Å². The van der Waals surface area contributed by atoms with Gasteiger partial charge in [-0.15, -0.1) is 0 Å². The molecule has 1 amide bonds. The summed E-state index contributed by atoms with van der Waals surface area (Å²) in [6.07, 6.45) is 35.6. The standard InChI is InChI=1S/C34H63NO5S/c1-3-5-7-9-11-13-14-15-16-17-18-19-20-21-22-24-26-28-30-34(37)35-32(31-41(38,39)40)33(36)29-27-25-23-12-10-8-6-4-2/h13-14,16-17,27,29,32-33,36H,3-12,15,18-26,28,30-31H2,1-2H3,(H,35,37)(H,38,39,40)/b14-13-,17-16-,29-27+. The molecule has 0 bridgehead atoms. The van der Waals surface area contributed by atoms with E-state index in [0.29, 0.717) is 0 Å². The van der Waals surface area contributed by atoms with Crippen molar-refractivity contribution in [2.45, 2.75) is 167 Å². The van der Waals surface area contributed by atoms with Crippen LogP contribution in [-0.2, 0) is 14.9 Å². The van der Waals surface area contributed by atoms with Crippen LogP contribution in [-0.4, -0.2) is 41.9 Å². The van der Waals surface area contributed by atoms with Gasteiger partial charge >= 0.3 is 0 Å². The van der Waals surface area contributed by atoms with Gasteiger partial charge in [0, 0.05) is 6.42 Å². The number of carbonyl (C=O) groups is 1. The first kappa shape index (κ1) is 39.6. The van der Waals surface area contributed by atoms with Crippen molar-refractivity contribution in [1.29, 1.82) is 0 Å². The molecule has 0 rings (SSSR count). The fourth-order valence-electron chi connectivity index (χ4n) is 4.77. The Bertz CT molecular complexity index is 791. The molecule has 240 valence electrons. The first-order valence-corrected chi connectivity index (χ1v) is 18.3. The number of amides is 1. The molecule has 0 heterocycles. The van der Waals surface area contributed by atoms with Gasteiger partial charge in [-0.3, -0.25) is 9.35 Å². The van der Waals surface area contributed by atoms with Crippen molar-refractivity contribution in [2.75, 3.05) is 5.75 Å². The lowest BCUT2D eigenvalue weighted by Crippen LogP contribution is -2.46. The Morgan fingerprint density at radius 3 is 1.61 bits per heavy atom. The maximum Gasteiger partial charge on any atom is 0.267 e. The summed E-state index contributed by atoms with van der Waals surface area (Å²) < 4.78 is 32.1. The number of hydrogen-bond acceptors (Lipinski definition) is 4. The lowest BCUT2D eigenvalue weighted by atomic mass is 10.1. The van der Waals surface area contributed by atoms with Gasteiger partial charge in [0.15, 0.2) is 0 Å². The Labute approximate surface area is 253 Å². The molecule has 0 saturated carbocycles. The van der Waals surface area contributed by atoms with Crippen LogP contribution in [0.2, 0.25) is 0 Å². The van der Waals surface area contributed by atoms with Crippen molar-refractivity contribution in [2.24, 2.45) is 0 Å². The number of carbonyl (C=O) groups excluding carboxylic acids is 1. The summed E-state index contributed by atoms with van der Waals surface area (Å²) in [6.45, 7) is 4.43. The fraction of sp³-hybridized carbons (Fsp3) is 0.794. The van der Waals surface area contributed by atoms with Crippen LogP contribution in [0.25, 0.3) is 0 Å². The fourth-order valence-corrected chi connectivity index (χ4v) is 5.51. The topological polar surface area (TPSA) is 104 Å². The zero-order valence-electron chi connectivity index (χ0n) is 26.4.